The molecule has 3 nitrogen and oxygen atoms in total. The van der Waals surface area contributed by atoms with Gasteiger partial charge >= 0.3 is 6.18 Å². The van der Waals surface area contributed by atoms with Gasteiger partial charge in [0.05, 0.1) is 0 Å². The maximum atomic E-state index is 12.4. The molecule has 1 saturated heterocycles. The highest BCUT2D eigenvalue weighted by atomic mass is 32.1. The second-order valence-corrected chi connectivity index (χ2v) is 5.38. The van der Waals surface area contributed by atoms with Crippen molar-refractivity contribution < 1.29 is 13.2 Å². The molecule has 1 aromatic rings. The monoisotopic (exact) mass is 265 g/mol. The van der Waals surface area contributed by atoms with Crippen molar-refractivity contribution >= 4 is 11.3 Å². The summed E-state index contributed by atoms with van der Waals surface area (Å²) >= 11 is 0.716. The third kappa shape index (κ3) is 3.40. The van der Waals surface area contributed by atoms with Gasteiger partial charge in [-0.25, -0.2) is 4.98 Å². The predicted molar refractivity (Wildman–Crippen MR) is 59.6 cm³/mol. The molecule has 0 spiro atoms. The van der Waals surface area contributed by atoms with Gasteiger partial charge in [0, 0.05) is 30.2 Å². The fraction of sp³-hybridized carbons (Fsp3) is 0.700. The molecule has 1 aromatic heterocycles. The first-order valence-electron chi connectivity index (χ1n) is 5.45. The number of piperidine rings is 1. The average Bonchev–Trinajstić information content (AvgIpc) is 2.65. The third-order valence-corrected chi connectivity index (χ3v) is 3.74. The fourth-order valence-electron chi connectivity index (χ4n) is 1.97. The van der Waals surface area contributed by atoms with Crippen molar-refractivity contribution in [1.29, 1.82) is 0 Å². The minimum Gasteiger partial charge on any atom is -0.327 e. The second kappa shape index (κ2) is 4.91. The first-order chi connectivity index (χ1) is 7.95. The van der Waals surface area contributed by atoms with Crippen LogP contribution in [0.15, 0.2) is 6.20 Å². The van der Waals surface area contributed by atoms with E-state index in [4.69, 9.17) is 5.73 Å². The molecule has 2 heterocycles. The highest BCUT2D eigenvalue weighted by molar-refractivity contribution is 7.11. The van der Waals surface area contributed by atoms with Gasteiger partial charge in [-0.2, -0.15) is 13.2 Å². The number of thiazole rings is 1. The molecule has 2 N–H and O–H groups in total. The molecule has 1 fully saturated rings. The van der Waals surface area contributed by atoms with Crippen molar-refractivity contribution in [1.82, 2.24) is 9.88 Å². The maximum Gasteiger partial charge on any atom is 0.443 e. The number of nitrogens with zero attached hydrogens (tertiary/aromatic N) is 2. The summed E-state index contributed by atoms with van der Waals surface area (Å²) in [5.74, 6) is 0. The van der Waals surface area contributed by atoms with Crippen LogP contribution < -0.4 is 5.73 Å². The molecule has 7 heteroatoms. The highest BCUT2D eigenvalue weighted by Crippen LogP contribution is 2.32. The lowest BCUT2D eigenvalue weighted by atomic mass is 10.1. The zero-order chi connectivity index (χ0) is 12.5. The number of aromatic nitrogens is 1. The first kappa shape index (κ1) is 12.8. The van der Waals surface area contributed by atoms with Crippen molar-refractivity contribution in [3.05, 3.63) is 16.1 Å². The molecule has 0 bridgehead atoms. The summed E-state index contributed by atoms with van der Waals surface area (Å²) in [4.78, 5) is 6.14. The zero-order valence-electron chi connectivity index (χ0n) is 9.20. The number of alkyl halides is 3. The predicted octanol–water partition coefficient (Wildman–Crippen LogP) is 2.08. The molecule has 1 aliphatic heterocycles. The largest absolute Gasteiger partial charge is 0.443 e. The highest BCUT2D eigenvalue weighted by Gasteiger charge is 2.34. The smallest absolute Gasteiger partial charge is 0.327 e. The summed E-state index contributed by atoms with van der Waals surface area (Å²) in [5, 5.41) is -0.770. The molecular formula is C10H14F3N3S. The van der Waals surface area contributed by atoms with Gasteiger partial charge in [0.15, 0.2) is 5.01 Å². The van der Waals surface area contributed by atoms with E-state index < -0.39 is 11.2 Å². The number of rotatable bonds is 2. The van der Waals surface area contributed by atoms with Crippen LogP contribution in [0.2, 0.25) is 0 Å². The van der Waals surface area contributed by atoms with Crippen LogP contribution in [-0.2, 0) is 12.7 Å². The van der Waals surface area contributed by atoms with Gasteiger partial charge < -0.3 is 5.73 Å². The van der Waals surface area contributed by atoms with Crippen LogP contribution in [0.5, 0.6) is 0 Å². The van der Waals surface area contributed by atoms with Gasteiger partial charge in [0.2, 0.25) is 0 Å². The Hall–Kier alpha value is -0.660. The summed E-state index contributed by atoms with van der Waals surface area (Å²) in [7, 11) is 0. The van der Waals surface area contributed by atoms with Gasteiger partial charge in [-0.3, -0.25) is 4.90 Å². The van der Waals surface area contributed by atoms with Gasteiger partial charge in [0.1, 0.15) is 0 Å². The molecule has 1 unspecified atom stereocenters. The minimum absolute atomic E-state index is 0.138. The number of hydrogen-bond donors (Lipinski definition) is 1. The molecule has 1 aliphatic rings. The number of nitrogens with two attached hydrogens (primary N) is 1. The summed E-state index contributed by atoms with van der Waals surface area (Å²) in [5.41, 5.74) is 5.82. The molecular weight excluding hydrogens is 251 g/mol. The summed E-state index contributed by atoms with van der Waals surface area (Å²) in [6, 6.07) is 0.138. The van der Waals surface area contributed by atoms with E-state index in [2.05, 4.69) is 9.88 Å². The van der Waals surface area contributed by atoms with Crippen LogP contribution in [-0.4, -0.2) is 29.0 Å². The topological polar surface area (TPSA) is 42.1 Å². The van der Waals surface area contributed by atoms with Crippen LogP contribution in [0, 0.1) is 0 Å². The Morgan fingerprint density at radius 3 is 2.88 bits per heavy atom. The first-order valence-corrected chi connectivity index (χ1v) is 6.26. The third-order valence-electron chi connectivity index (χ3n) is 2.72. The fourth-order valence-corrected chi connectivity index (χ4v) is 2.79. The lowest BCUT2D eigenvalue weighted by molar-refractivity contribution is -0.137. The molecule has 0 aromatic carbocycles. The number of halogens is 3. The second-order valence-electron chi connectivity index (χ2n) is 4.27. The van der Waals surface area contributed by atoms with E-state index >= 15 is 0 Å². The van der Waals surface area contributed by atoms with E-state index in [9.17, 15) is 13.2 Å². The molecule has 0 amide bonds. The number of likely N-dealkylation sites (tertiary alicyclic amines) is 1. The maximum absolute atomic E-state index is 12.4. The Bertz CT molecular complexity index is 377. The van der Waals surface area contributed by atoms with E-state index in [0.29, 0.717) is 22.8 Å². The minimum atomic E-state index is -4.33. The van der Waals surface area contributed by atoms with Crippen LogP contribution in [0.1, 0.15) is 22.7 Å². The molecule has 17 heavy (non-hydrogen) atoms. The Kier molecular flexibility index (Phi) is 3.70. The van der Waals surface area contributed by atoms with Crippen LogP contribution in [0.3, 0.4) is 0 Å². The van der Waals surface area contributed by atoms with Gasteiger partial charge in [-0.1, -0.05) is 0 Å². The zero-order valence-corrected chi connectivity index (χ0v) is 10.0. The molecule has 2 rings (SSSR count). The van der Waals surface area contributed by atoms with Crippen molar-refractivity contribution in [2.45, 2.75) is 31.6 Å². The lowest BCUT2D eigenvalue weighted by Gasteiger charge is -2.29. The standard InChI is InChI=1S/C10H14F3N3S/c11-10(12,13)9-15-4-8(17-9)6-16-3-1-2-7(14)5-16/h4,7H,1-3,5-6,14H2. The Labute approximate surface area is 101 Å². The average molecular weight is 265 g/mol. The van der Waals surface area contributed by atoms with E-state index in [1.54, 1.807) is 0 Å². The van der Waals surface area contributed by atoms with E-state index in [1.807, 2.05) is 0 Å². The Morgan fingerprint density at radius 1 is 1.53 bits per heavy atom. The number of hydrogen-bond acceptors (Lipinski definition) is 4. The van der Waals surface area contributed by atoms with Gasteiger partial charge in [-0.05, 0) is 19.4 Å². The SMILES string of the molecule is NC1CCCN(Cc2cnc(C(F)(F)F)s2)C1. The van der Waals surface area contributed by atoms with E-state index in [1.165, 1.54) is 6.20 Å². The molecule has 0 aliphatic carbocycles. The Balaban J connectivity index is 1.97. The summed E-state index contributed by atoms with van der Waals surface area (Å²) in [6.07, 6.45) is -1.02. The summed E-state index contributed by atoms with van der Waals surface area (Å²) < 4.78 is 37.1. The molecule has 0 saturated carbocycles. The van der Waals surface area contributed by atoms with E-state index in [-0.39, 0.29) is 6.04 Å². The van der Waals surface area contributed by atoms with Crippen molar-refractivity contribution in [2.75, 3.05) is 13.1 Å². The van der Waals surface area contributed by atoms with Gasteiger partial charge in [-0.15, -0.1) is 11.3 Å². The van der Waals surface area contributed by atoms with Crippen molar-refractivity contribution in [2.24, 2.45) is 5.73 Å². The van der Waals surface area contributed by atoms with Crippen LogP contribution >= 0.6 is 11.3 Å². The van der Waals surface area contributed by atoms with Crippen LogP contribution in [0.4, 0.5) is 13.2 Å². The molecule has 1 atom stereocenters. The van der Waals surface area contributed by atoms with E-state index in [0.717, 1.165) is 25.9 Å². The lowest BCUT2D eigenvalue weighted by Crippen LogP contribution is -2.42. The van der Waals surface area contributed by atoms with Gasteiger partial charge in [0.25, 0.3) is 0 Å². The Morgan fingerprint density at radius 2 is 2.29 bits per heavy atom. The normalized spacial score (nSPS) is 22.9. The molecule has 96 valence electrons. The van der Waals surface area contributed by atoms with Crippen molar-refractivity contribution in [3.63, 3.8) is 0 Å². The van der Waals surface area contributed by atoms with Crippen LogP contribution in [0.25, 0.3) is 0 Å². The van der Waals surface area contributed by atoms with Crippen molar-refractivity contribution in [3.8, 4) is 0 Å². The summed E-state index contributed by atoms with van der Waals surface area (Å²) in [6.45, 7) is 2.16. The molecule has 0 radical (unpaired) electrons. The quantitative estimate of drug-likeness (QED) is 0.890.